The lowest BCUT2D eigenvalue weighted by molar-refractivity contribution is 0.129. The molecule has 9 nitrogen and oxygen atoms in total. The number of carbonyl (C=O) groups excluding carboxylic acids is 1. The standard InChI is InChI=1S/C16H19F2N7O2/c17-13-7-11(8-14(18)15(13)23-4-1-19-20-2-5-23)25-10-12(27-16(25)26)9-24-6-3-21-22-24/h3,6-8,12,19-20H,1-2,4-5,9-10H2/t12-/m0/s1. The van der Waals surface area contributed by atoms with Crippen LogP contribution in [0.2, 0.25) is 0 Å². The summed E-state index contributed by atoms with van der Waals surface area (Å²) in [7, 11) is 0. The lowest BCUT2D eigenvalue weighted by Crippen LogP contribution is -2.32. The van der Waals surface area contributed by atoms with Crippen molar-refractivity contribution in [2.75, 3.05) is 42.5 Å². The van der Waals surface area contributed by atoms with Gasteiger partial charge in [0.25, 0.3) is 0 Å². The van der Waals surface area contributed by atoms with E-state index in [1.54, 1.807) is 11.1 Å². The molecule has 1 atom stereocenters. The Bertz CT molecular complexity index is 786. The van der Waals surface area contributed by atoms with Gasteiger partial charge in [-0.25, -0.2) is 18.3 Å². The molecule has 2 saturated heterocycles. The number of halogens is 2. The highest BCUT2D eigenvalue weighted by Gasteiger charge is 2.34. The van der Waals surface area contributed by atoms with Crippen LogP contribution >= 0.6 is 0 Å². The number of hydrazine groups is 1. The van der Waals surface area contributed by atoms with Crippen LogP contribution in [0.4, 0.5) is 25.0 Å². The van der Waals surface area contributed by atoms with Gasteiger partial charge < -0.3 is 9.64 Å². The number of cyclic esters (lactones) is 1. The largest absolute Gasteiger partial charge is 0.442 e. The van der Waals surface area contributed by atoms with E-state index < -0.39 is 23.8 Å². The van der Waals surface area contributed by atoms with Gasteiger partial charge in [0.05, 0.1) is 25.0 Å². The minimum Gasteiger partial charge on any atom is -0.442 e. The Balaban J connectivity index is 1.53. The van der Waals surface area contributed by atoms with Crippen LogP contribution in [-0.2, 0) is 11.3 Å². The van der Waals surface area contributed by atoms with E-state index in [9.17, 15) is 13.6 Å². The number of nitrogens with zero attached hydrogens (tertiary/aromatic N) is 5. The average molecular weight is 379 g/mol. The summed E-state index contributed by atoms with van der Waals surface area (Å²) in [6, 6.07) is 2.34. The molecule has 2 fully saturated rings. The molecule has 0 radical (unpaired) electrons. The number of benzene rings is 1. The van der Waals surface area contributed by atoms with Crippen molar-refractivity contribution < 1.29 is 18.3 Å². The average Bonchev–Trinajstić information content (AvgIpc) is 3.18. The molecular weight excluding hydrogens is 360 g/mol. The van der Waals surface area contributed by atoms with E-state index in [0.29, 0.717) is 32.7 Å². The van der Waals surface area contributed by atoms with Crippen molar-refractivity contribution >= 4 is 17.5 Å². The number of hydrogen-bond donors (Lipinski definition) is 2. The van der Waals surface area contributed by atoms with Gasteiger partial charge in [-0.3, -0.25) is 15.8 Å². The summed E-state index contributed by atoms with van der Waals surface area (Å²) in [4.78, 5) is 15.0. The Hall–Kier alpha value is -2.79. The Labute approximate surface area is 153 Å². The van der Waals surface area contributed by atoms with E-state index in [1.165, 1.54) is 27.9 Å². The number of rotatable bonds is 4. The van der Waals surface area contributed by atoms with E-state index in [0.717, 1.165) is 0 Å². The SMILES string of the molecule is O=C1O[C@@H](Cn2ccnn2)CN1c1cc(F)c(N2CCNNCC2)c(F)c1. The van der Waals surface area contributed by atoms with Gasteiger partial charge in [-0.05, 0) is 0 Å². The van der Waals surface area contributed by atoms with Gasteiger partial charge in [0.15, 0.2) is 11.6 Å². The second-order valence-electron chi connectivity index (χ2n) is 6.34. The fraction of sp³-hybridized carbons (Fsp3) is 0.438. The first kappa shape index (κ1) is 17.6. The first-order chi connectivity index (χ1) is 13.1. The van der Waals surface area contributed by atoms with Gasteiger partial charge in [-0.1, -0.05) is 5.21 Å². The summed E-state index contributed by atoms with van der Waals surface area (Å²) in [5.74, 6) is -1.42. The molecule has 2 aliphatic heterocycles. The van der Waals surface area contributed by atoms with Crippen LogP contribution in [-0.4, -0.2) is 59.9 Å². The summed E-state index contributed by atoms with van der Waals surface area (Å²) in [6.07, 6.45) is 2.05. The van der Waals surface area contributed by atoms with Crippen molar-refractivity contribution in [1.82, 2.24) is 25.8 Å². The lowest BCUT2D eigenvalue weighted by Gasteiger charge is -2.24. The van der Waals surface area contributed by atoms with Crippen molar-refractivity contribution in [2.45, 2.75) is 12.6 Å². The summed E-state index contributed by atoms with van der Waals surface area (Å²) in [6.45, 7) is 2.54. The highest BCUT2D eigenvalue weighted by atomic mass is 19.1. The summed E-state index contributed by atoms with van der Waals surface area (Å²) < 4.78 is 36.2. The fourth-order valence-electron chi connectivity index (χ4n) is 3.27. The highest BCUT2D eigenvalue weighted by Crippen LogP contribution is 2.31. The van der Waals surface area contributed by atoms with Gasteiger partial charge >= 0.3 is 6.09 Å². The van der Waals surface area contributed by atoms with E-state index in [4.69, 9.17) is 4.74 Å². The monoisotopic (exact) mass is 379 g/mol. The molecule has 2 aromatic rings. The van der Waals surface area contributed by atoms with Gasteiger partial charge in [-0.2, -0.15) is 0 Å². The van der Waals surface area contributed by atoms with Gasteiger partial charge in [0.2, 0.25) is 0 Å². The molecular formula is C16H19F2N7O2. The Kier molecular flexibility index (Phi) is 4.86. The molecule has 2 aliphatic rings. The first-order valence-corrected chi connectivity index (χ1v) is 8.64. The summed E-state index contributed by atoms with van der Waals surface area (Å²) >= 11 is 0. The van der Waals surface area contributed by atoms with E-state index in [1.807, 2.05) is 0 Å². The number of nitrogens with one attached hydrogen (secondary N) is 2. The molecule has 0 spiro atoms. The number of amides is 1. The maximum Gasteiger partial charge on any atom is 0.414 e. The Morgan fingerprint density at radius 3 is 2.52 bits per heavy atom. The fourth-order valence-corrected chi connectivity index (χ4v) is 3.27. The van der Waals surface area contributed by atoms with Crippen LogP contribution in [0.5, 0.6) is 0 Å². The van der Waals surface area contributed by atoms with Crippen molar-refractivity contribution in [3.8, 4) is 0 Å². The van der Waals surface area contributed by atoms with E-state index in [2.05, 4.69) is 21.2 Å². The third-order valence-electron chi connectivity index (χ3n) is 4.50. The highest BCUT2D eigenvalue weighted by molar-refractivity contribution is 5.90. The number of hydrogen-bond acceptors (Lipinski definition) is 7. The minimum absolute atomic E-state index is 0.0871. The molecule has 0 saturated carbocycles. The first-order valence-electron chi connectivity index (χ1n) is 8.64. The number of anilines is 2. The van der Waals surface area contributed by atoms with Gasteiger partial charge in [0.1, 0.15) is 11.8 Å². The van der Waals surface area contributed by atoms with Crippen LogP contribution < -0.4 is 20.7 Å². The second kappa shape index (κ2) is 7.45. The topological polar surface area (TPSA) is 87.6 Å². The molecule has 3 heterocycles. The zero-order valence-electron chi connectivity index (χ0n) is 14.4. The lowest BCUT2D eigenvalue weighted by atomic mass is 10.2. The molecule has 27 heavy (non-hydrogen) atoms. The van der Waals surface area contributed by atoms with Crippen molar-refractivity contribution in [1.29, 1.82) is 0 Å². The minimum atomic E-state index is -0.709. The molecule has 0 bridgehead atoms. The Morgan fingerprint density at radius 1 is 1.19 bits per heavy atom. The summed E-state index contributed by atoms with van der Waals surface area (Å²) in [5, 5.41) is 7.51. The Morgan fingerprint density at radius 2 is 1.89 bits per heavy atom. The summed E-state index contributed by atoms with van der Waals surface area (Å²) in [5.41, 5.74) is 5.95. The molecule has 0 unspecified atom stereocenters. The maximum absolute atomic E-state index is 14.7. The van der Waals surface area contributed by atoms with Crippen molar-refractivity contribution in [3.63, 3.8) is 0 Å². The number of carbonyl (C=O) groups is 1. The smallest absolute Gasteiger partial charge is 0.414 e. The maximum atomic E-state index is 14.7. The molecule has 4 rings (SSSR count). The third-order valence-corrected chi connectivity index (χ3v) is 4.50. The van der Waals surface area contributed by atoms with Crippen LogP contribution in [0.1, 0.15) is 0 Å². The van der Waals surface area contributed by atoms with Crippen LogP contribution in [0, 0.1) is 11.6 Å². The van der Waals surface area contributed by atoms with Crippen LogP contribution in [0.3, 0.4) is 0 Å². The number of aromatic nitrogens is 3. The van der Waals surface area contributed by atoms with Crippen LogP contribution in [0.15, 0.2) is 24.5 Å². The molecule has 11 heteroatoms. The molecule has 0 aliphatic carbocycles. The molecule has 2 N–H and O–H groups in total. The third kappa shape index (κ3) is 3.69. The van der Waals surface area contributed by atoms with E-state index in [-0.39, 0.29) is 17.9 Å². The second-order valence-corrected chi connectivity index (χ2v) is 6.34. The predicted molar refractivity (Wildman–Crippen MR) is 92.2 cm³/mol. The van der Waals surface area contributed by atoms with Crippen molar-refractivity contribution in [2.24, 2.45) is 0 Å². The molecule has 1 amide bonds. The van der Waals surface area contributed by atoms with Crippen molar-refractivity contribution in [3.05, 3.63) is 36.2 Å². The molecule has 1 aromatic carbocycles. The van der Waals surface area contributed by atoms with Gasteiger partial charge in [-0.15, -0.1) is 5.10 Å². The number of ether oxygens (including phenoxy) is 1. The zero-order chi connectivity index (χ0) is 18.8. The quantitative estimate of drug-likeness (QED) is 0.800. The van der Waals surface area contributed by atoms with Crippen LogP contribution in [0.25, 0.3) is 0 Å². The predicted octanol–water partition coefficient (Wildman–Crippen LogP) is 0.496. The zero-order valence-corrected chi connectivity index (χ0v) is 14.4. The normalized spacial score (nSPS) is 20.7. The van der Waals surface area contributed by atoms with Gasteiger partial charge in [0, 0.05) is 44.5 Å². The van der Waals surface area contributed by atoms with E-state index >= 15 is 0 Å². The molecule has 1 aromatic heterocycles. The molecule has 144 valence electrons.